The van der Waals surface area contributed by atoms with Crippen molar-refractivity contribution in [2.45, 2.75) is 6.04 Å². The van der Waals surface area contributed by atoms with Crippen molar-refractivity contribution in [2.24, 2.45) is 0 Å². The van der Waals surface area contributed by atoms with E-state index in [1.165, 1.54) is 18.4 Å². The van der Waals surface area contributed by atoms with Gasteiger partial charge in [0.2, 0.25) is 0 Å². The molecule has 0 saturated carbocycles. The van der Waals surface area contributed by atoms with E-state index >= 15 is 0 Å². The maximum absolute atomic E-state index is 13.4. The van der Waals surface area contributed by atoms with Crippen LogP contribution in [0.4, 0.5) is 18.9 Å². The number of furan rings is 1. The minimum Gasteiger partial charge on any atom is -0.467 e. The normalized spacial score (nSPS) is 11.8. The van der Waals surface area contributed by atoms with Crippen molar-refractivity contribution in [1.82, 2.24) is 5.32 Å². The molecule has 1 unspecified atom stereocenters. The van der Waals surface area contributed by atoms with Crippen LogP contribution in [0.15, 0.2) is 34.9 Å². The molecule has 0 fully saturated rings. The molecule has 2 aromatic rings. The molecule has 2 amide bonds. The number of aliphatic hydroxyl groups is 1. The summed E-state index contributed by atoms with van der Waals surface area (Å²) in [5.74, 6) is -6.39. The third kappa shape index (κ3) is 3.89. The van der Waals surface area contributed by atoms with Crippen LogP contribution in [0.3, 0.4) is 0 Å². The van der Waals surface area contributed by atoms with Crippen molar-refractivity contribution < 1.29 is 32.3 Å². The molecule has 0 aliphatic rings. The summed E-state index contributed by atoms with van der Waals surface area (Å²) in [5, 5.41) is 13.1. The number of nitrogens with one attached hydrogen (secondary N) is 2. The van der Waals surface area contributed by atoms with Crippen LogP contribution in [-0.2, 0) is 9.59 Å². The van der Waals surface area contributed by atoms with Gasteiger partial charge in [-0.05, 0) is 12.1 Å². The Morgan fingerprint density at radius 2 is 1.83 bits per heavy atom. The Kier molecular flexibility index (Phi) is 5.02. The molecule has 9 heteroatoms. The van der Waals surface area contributed by atoms with Crippen molar-refractivity contribution in [2.75, 3.05) is 11.9 Å². The smallest absolute Gasteiger partial charge is 0.313 e. The molecule has 6 nitrogen and oxygen atoms in total. The molecule has 0 aliphatic heterocycles. The van der Waals surface area contributed by atoms with Gasteiger partial charge in [0.05, 0.1) is 18.6 Å². The third-order valence-corrected chi connectivity index (χ3v) is 2.84. The summed E-state index contributed by atoms with van der Waals surface area (Å²) in [4.78, 5) is 23.4. The van der Waals surface area contributed by atoms with Crippen molar-refractivity contribution in [1.29, 1.82) is 0 Å². The molecule has 0 radical (unpaired) electrons. The molecule has 1 aromatic heterocycles. The number of hydrogen-bond donors (Lipinski definition) is 3. The van der Waals surface area contributed by atoms with E-state index in [9.17, 15) is 27.9 Å². The molecule has 3 N–H and O–H groups in total. The lowest BCUT2D eigenvalue weighted by atomic mass is 10.2. The van der Waals surface area contributed by atoms with Crippen molar-refractivity contribution in [3.05, 3.63) is 53.7 Å². The number of rotatable bonds is 4. The van der Waals surface area contributed by atoms with Gasteiger partial charge in [0.25, 0.3) is 0 Å². The van der Waals surface area contributed by atoms with Gasteiger partial charge in [-0.3, -0.25) is 9.59 Å². The summed E-state index contributed by atoms with van der Waals surface area (Å²) in [5.41, 5.74) is -0.692. The Bertz CT molecular complexity index is 719. The SMILES string of the molecule is O=C(Nc1cc(F)c(F)cc1F)C(=O)NC(CO)c1ccco1. The fraction of sp³-hybridized carbons (Fsp3) is 0.143. The van der Waals surface area contributed by atoms with Crippen LogP contribution < -0.4 is 10.6 Å². The molecule has 0 saturated heterocycles. The first-order valence-corrected chi connectivity index (χ1v) is 6.33. The lowest BCUT2D eigenvalue weighted by Crippen LogP contribution is -2.39. The van der Waals surface area contributed by atoms with Gasteiger partial charge < -0.3 is 20.2 Å². The Hall–Kier alpha value is -2.81. The number of aliphatic hydroxyl groups excluding tert-OH is 1. The molecule has 2 rings (SSSR count). The summed E-state index contributed by atoms with van der Waals surface area (Å²) < 4.78 is 44.2. The third-order valence-electron chi connectivity index (χ3n) is 2.84. The van der Waals surface area contributed by atoms with Crippen LogP contribution in [0.5, 0.6) is 0 Å². The van der Waals surface area contributed by atoms with Crippen LogP contribution in [0.1, 0.15) is 11.8 Å². The number of carbonyl (C=O) groups is 2. The maximum atomic E-state index is 13.4. The highest BCUT2D eigenvalue weighted by Crippen LogP contribution is 2.18. The molecule has 1 heterocycles. The van der Waals surface area contributed by atoms with E-state index in [2.05, 4.69) is 5.32 Å². The van der Waals surface area contributed by atoms with E-state index in [0.29, 0.717) is 6.07 Å². The average molecular weight is 328 g/mol. The van der Waals surface area contributed by atoms with E-state index in [4.69, 9.17) is 4.42 Å². The lowest BCUT2D eigenvalue weighted by Gasteiger charge is -2.13. The maximum Gasteiger partial charge on any atom is 0.313 e. The van der Waals surface area contributed by atoms with Gasteiger partial charge >= 0.3 is 11.8 Å². The van der Waals surface area contributed by atoms with Gasteiger partial charge in [-0.2, -0.15) is 0 Å². The highest BCUT2D eigenvalue weighted by atomic mass is 19.2. The second-order valence-corrected chi connectivity index (χ2v) is 4.42. The van der Waals surface area contributed by atoms with Gasteiger partial charge in [0, 0.05) is 12.1 Å². The molecule has 23 heavy (non-hydrogen) atoms. The second-order valence-electron chi connectivity index (χ2n) is 4.42. The first kappa shape index (κ1) is 16.6. The minimum atomic E-state index is -1.43. The standard InChI is InChI=1S/C14H11F3N2O4/c15-7-4-9(17)10(5-8(7)16)18-13(21)14(22)19-11(6-20)12-2-1-3-23-12/h1-5,11,20H,6H2,(H,18,21)(H,19,22). The fourth-order valence-electron chi connectivity index (χ4n) is 1.72. The van der Waals surface area contributed by atoms with Crippen LogP contribution in [0.25, 0.3) is 0 Å². The number of halogens is 3. The molecule has 122 valence electrons. The zero-order chi connectivity index (χ0) is 17.0. The predicted octanol–water partition coefficient (Wildman–Crippen LogP) is 1.49. The minimum absolute atomic E-state index is 0.202. The number of hydrogen-bond acceptors (Lipinski definition) is 4. The van der Waals surface area contributed by atoms with Crippen molar-refractivity contribution >= 4 is 17.5 Å². The Morgan fingerprint density at radius 3 is 2.43 bits per heavy atom. The number of amides is 2. The van der Waals surface area contributed by atoms with Crippen LogP contribution in [0, 0.1) is 17.5 Å². The van der Waals surface area contributed by atoms with Gasteiger partial charge in [0.15, 0.2) is 11.6 Å². The zero-order valence-electron chi connectivity index (χ0n) is 11.5. The Balaban J connectivity index is 2.06. The quantitative estimate of drug-likeness (QED) is 0.586. The molecule has 1 atom stereocenters. The highest BCUT2D eigenvalue weighted by Gasteiger charge is 2.22. The second kappa shape index (κ2) is 6.97. The van der Waals surface area contributed by atoms with E-state index in [0.717, 1.165) is 0 Å². The number of benzene rings is 1. The van der Waals surface area contributed by atoms with E-state index in [-0.39, 0.29) is 11.8 Å². The first-order chi connectivity index (χ1) is 10.9. The van der Waals surface area contributed by atoms with Crippen LogP contribution in [-0.4, -0.2) is 23.5 Å². The largest absolute Gasteiger partial charge is 0.467 e. The van der Waals surface area contributed by atoms with Crippen molar-refractivity contribution in [3.8, 4) is 0 Å². The van der Waals surface area contributed by atoms with Gasteiger partial charge in [-0.25, -0.2) is 13.2 Å². The predicted molar refractivity (Wildman–Crippen MR) is 71.6 cm³/mol. The first-order valence-electron chi connectivity index (χ1n) is 6.33. The molecular weight excluding hydrogens is 317 g/mol. The molecule has 0 bridgehead atoms. The Morgan fingerprint density at radius 1 is 1.13 bits per heavy atom. The Labute approximate surface area is 127 Å². The zero-order valence-corrected chi connectivity index (χ0v) is 11.5. The number of carbonyl (C=O) groups excluding carboxylic acids is 2. The molecule has 1 aromatic carbocycles. The topological polar surface area (TPSA) is 91.6 Å². The fourth-order valence-corrected chi connectivity index (χ4v) is 1.72. The van der Waals surface area contributed by atoms with Gasteiger partial charge in [0.1, 0.15) is 17.6 Å². The molecular formula is C14H11F3N2O4. The highest BCUT2D eigenvalue weighted by molar-refractivity contribution is 6.39. The average Bonchev–Trinajstić information content (AvgIpc) is 3.04. The summed E-state index contributed by atoms with van der Waals surface area (Å²) in [6.45, 7) is -0.550. The summed E-state index contributed by atoms with van der Waals surface area (Å²) in [6.07, 6.45) is 1.31. The summed E-state index contributed by atoms with van der Waals surface area (Å²) in [7, 11) is 0. The van der Waals surface area contributed by atoms with Crippen LogP contribution in [0.2, 0.25) is 0 Å². The lowest BCUT2D eigenvalue weighted by molar-refractivity contribution is -0.136. The van der Waals surface area contributed by atoms with E-state index < -0.39 is 47.6 Å². The van der Waals surface area contributed by atoms with Gasteiger partial charge in [-0.15, -0.1) is 0 Å². The van der Waals surface area contributed by atoms with E-state index in [1.807, 2.05) is 5.32 Å². The summed E-state index contributed by atoms with van der Waals surface area (Å²) >= 11 is 0. The van der Waals surface area contributed by atoms with E-state index in [1.54, 1.807) is 0 Å². The molecule has 0 spiro atoms. The molecule has 0 aliphatic carbocycles. The van der Waals surface area contributed by atoms with Crippen LogP contribution >= 0.6 is 0 Å². The summed E-state index contributed by atoms with van der Waals surface area (Å²) in [6, 6.07) is 2.64. The van der Waals surface area contributed by atoms with Gasteiger partial charge in [-0.1, -0.05) is 0 Å². The monoisotopic (exact) mass is 328 g/mol. The van der Waals surface area contributed by atoms with Crippen molar-refractivity contribution in [3.63, 3.8) is 0 Å². The number of anilines is 1.